The molecule has 1 aromatic heterocycles. The molecule has 0 amide bonds. The van der Waals surface area contributed by atoms with E-state index < -0.39 is 11.6 Å². The maximum Gasteiger partial charge on any atom is 0.355 e. The van der Waals surface area contributed by atoms with Crippen LogP contribution >= 0.6 is 23.1 Å². The number of thiazole rings is 1. The summed E-state index contributed by atoms with van der Waals surface area (Å²) in [5.41, 5.74) is -0.625. The summed E-state index contributed by atoms with van der Waals surface area (Å²) in [6, 6.07) is 0. The highest BCUT2D eigenvalue weighted by atomic mass is 32.2. The van der Waals surface area contributed by atoms with Crippen LogP contribution in [0.5, 0.6) is 0 Å². The first-order valence-electron chi connectivity index (χ1n) is 10.4. The Kier molecular flexibility index (Phi) is 9.37. The molecular weight excluding hydrogens is 406 g/mol. The summed E-state index contributed by atoms with van der Waals surface area (Å²) in [6.07, 6.45) is 9.91. The van der Waals surface area contributed by atoms with Crippen LogP contribution in [0.15, 0.2) is 21.9 Å². The fraction of sp³-hybridized carbons (Fsp3) is 0.682. The molecule has 0 aliphatic heterocycles. The number of aliphatic hydroxyl groups is 1. The van der Waals surface area contributed by atoms with Gasteiger partial charge in [0.25, 0.3) is 0 Å². The molecule has 2 N–H and O–H groups in total. The topological polar surface area (TPSA) is 87.5 Å². The lowest BCUT2D eigenvalue weighted by Gasteiger charge is -2.22. The second-order valence-electron chi connectivity index (χ2n) is 8.65. The molecule has 1 fully saturated rings. The fourth-order valence-corrected chi connectivity index (χ4v) is 5.65. The van der Waals surface area contributed by atoms with Crippen molar-refractivity contribution in [2.75, 3.05) is 5.75 Å². The summed E-state index contributed by atoms with van der Waals surface area (Å²) in [5.74, 6) is 1.01. The molecule has 1 saturated carbocycles. The molecule has 1 heterocycles. The number of carboxylic acid groups (broad SMARTS) is 1. The standard InChI is InChI=1S/C22H33NO4S2/c1-15(2)6-4-11-22(3,27)12-5-7-17-16(8-9-19(17)24)10-13-28-21-23-18(14-29-21)20(25)26/h5,7,14-17,27H,4,6,8-13H2,1-3H3,(H,25,26)/b7-5+/t16-,17+,22+/m1/s1. The molecule has 0 saturated heterocycles. The molecule has 0 aromatic carbocycles. The van der Waals surface area contributed by atoms with Crippen molar-refractivity contribution in [1.29, 1.82) is 0 Å². The molecule has 5 nitrogen and oxygen atoms in total. The van der Waals surface area contributed by atoms with Gasteiger partial charge in [0.2, 0.25) is 0 Å². The zero-order valence-corrected chi connectivity index (χ0v) is 19.2. The molecular formula is C22H33NO4S2. The van der Waals surface area contributed by atoms with E-state index in [1.54, 1.807) is 17.1 Å². The van der Waals surface area contributed by atoms with Crippen LogP contribution in [-0.4, -0.2) is 38.3 Å². The van der Waals surface area contributed by atoms with Crippen LogP contribution in [0.1, 0.15) is 76.2 Å². The summed E-state index contributed by atoms with van der Waals surface area (Å²) in [4.78, 5) is 27.3. The number of thioether (sulfide) groups is 1. The first-order chi connectivity index (χ1) is 13.7. The van der Waals surface area contributed by atoms with E-state index in [2.05, 4.69) is 18.8 Å². The molecule has 2 rings (SSSR count). The Hall–Kier alpha value is -1.18. The number of ketones is 1. The van der Waals surface area contributed by atoms with Gasteiger partial charge in [0.15, 0.2) is 10.0 Å². The first kappa shape index (κ1) is 24.1. The van der Waals surface area contributed by atoms with Gasteiger partial charge < -0.3 is 10.2 Å². The second-order valence-corrected chi connectivity index (χ2v) is 10.8. The molecule has 0 unspecified atom stereocenters. The van der Waals surface area contributed by atoms with Crippen molar-refractivity contribution in [2.45, 2.75) is 75.7 Å². The first-order valence-corrected chi connectivity index (χ1v) is 12.3. The van der Waals surface area contributed by atoms with E-state index in [9.17, 15) is 14.7 Å². The van der Waals surface area contributed by atoms with E-state index >= 15 is 0 Å². The fourth-order valence-electron chi connectivity index (χ4n) is 3.71. The molecule has 3 atom stereocenters. The number of Topliss-reactive ketones (excluding diaryl/α,β-unsaturated/α-hetero) is 1. The lowest BCUT2D eigenvalue weighted by atomic mass is 9.89. The largest absolute Gasteiger partial charge is 0.476 e. The Bertz CT molecular complexity index is 711. The van der Waals surface area contributed by atoms with E-state index in [1.807, 2.05) is 19.1 Å². The van der Waals surface area contributed by atoms with Gasteiger partial charge in [0.05, 0.1) is 5.60 Å². The number of carbonyl (C=O) groups is 2. The van der Waals surface area contributed by atoms with Gasteiger partial charge in [0, 0.05) is 23.5 Å². The maximum atomic E-state index is 12.3. The predicted octanol–water partition coefficient (Wildman–Crippen LogP) is 5.44. The molecule has 0 spiro atoms. The quantitative estimate of drug-likeness (QED) is 0.333. The molecule has 1 aliphatic rings. The van der Waals surface area contributed by atoms with Crippen LogP contribution in [0.2, 0.25) is 0 Å². The van der Waals surface area contributed by atoms with Crippen LogP contribution in [0.25, 0.3) is 0 Å². The Balaban J connectivity index is 1.79. The number of nitrogens with zero attached hydrogens (tertiary/aromatic N) is 1. The number of carbonyl (C=O) groups excluding carboxylic acids is 1. The SMILES string of the molecule is CC(C)CCC[C@](C)(O)C/C=C/[C@@H]1C(=O)CC[C@@H]1CCSc1nc(C(=O)O)cs1. The number of rotatable bonds is 12. The minimum atomic E-state index is -1.00. The number of allylic oxidation sites excluding steroid dienone is 1. The number of hydrogen-bond acceptors (Lipinski definition) is 6. The zero-order valence-electron chi connectivity index (χ0n) is 17.6. The van der Waals surface area contributed by atoms with Crippen LogP contribution in [0.4, 0.5) is 0 Å². The molecule has 1 aliphatic carbocycles. The zero-order chi connectivity index (χ0) is 21.4. The average molecular weight is 440 g/mol. The molecule has 1 aromatic rings. The van der Waals surface area contributed by atoms with E-state index in [0.717, 1.165) is 42.2 Å². The third-order valence-corrected chi connectivity index (χ3v) is 7.51. The maximum absolute atomic E-state index is 12.3. The number of carboxylic acids is 1. The molecule has 162 valence electrons. The molecule has 7 heteroatoms. The average Bonchev–Trinajstić information content (AvgIpc) is 3.23. The Morgan fingerprint density at radius 1 is 1.48 bits per heavy atom. The smallest absolute Gasteiger partial charge is 0.355 e. The van der Waals surface area contributed by atoms with E-state index in [-0.39, 0.29) is 17.4 Å². The van der Waals surface area contributed by atoms with Gasteiger partial charge in [-0.3, -0.25) is 4.79 Å². The van der Waals surface area contributed by atoms with E-state index in [0.29, 0.717) is 24.7 Å². The van der Waals surface area contributed by atoms with Crippen molar-refractivity contribution >= 4 is 34.9 Å². The van der Waals surface area contributed by atoms with Gasteiger partial charge in [-0.1, -0.05) is 50.6 Å². The number of hydrogen-bond donors (Lipinski definition) is 2. The normalized spacial score (nSPS) is 21.9. The van der Waals surface area contributed by atoms with Gasteiger partial charge in [-0.05, 0) is 44.4 Å². The summed E-state index contributed by atoms with van der Waals surface area (Å²) in [5, 5.41) is 21.1. The van der Waals surface area contributed by atoms with Crippen molar-refractivity contribution in [1.82, 2.24) is 4.98 Å². The predicted molar refractivity (Wildman–Crippen MR) is 119 cm³/mol. The Morgan fingerprint density at radius 3 is 2.90 bits per heavy atom. The summed E-state index contributed by atoms with van der Waals surface area (Å²) < 4.78 is 0.760. The van der Waals surface area contributed by atoms with Gasteiger partial charge in [-0.2, -0.15) is 0 Å². The van der Waals surface area contributed by atoms with E-state index in [4.69, 9.17) is 5.11 Å². The van der Waals surface area contributed by atoms with Crippen LogP contribution in [0, 0.1) is 17.8 Å². The Labute approximate surface area is 182 Å². The van der Waals surface area contributed by atoms with Gasteiger partial charge >= 0.3 is 5.97 Å². The summed E-state index contributed by atoms with van der Waals surface area (Å²) in [7, 11) is 0. The molecule has 29 heavy (non-hydrogen) atoms. The summed E-state index contributed by atoms with van der Waals surface area (Å²) >= 11 is 2.91. The Morgan fingerprint density at radius 2 is 2.24 bits per heavy atom. The minimum Gasteiger partial charge on any atom is -0.476 e. The van der Waals surface area contributed by atoms with Crippen molar-refractivity contribution in [3.05, 3.63) is 23.2 Å². The van der Waals surface area contributed by atoms with Crippen molar-refractivity contribution < 1.29 is 19.8 Å². The minimum absolute atomic E-state index is 0.0621. The monoisotopic (exact) mass is 439 g/mol. The highest BCUT2D eigenvalue weighted by Crippen LogP contribution is 2.35. The van der Waals surface area contributed by atoms with Crippen LogP contribution < -0.4 is 0 Å². The van der Waals surface area contributed by atoms with Gasteiger partial charge in [-0.25, -0.2) is 9.78 Å². The highest BCUT2D eigenvalue weighted by molar-refractivity contribution is 8.01. The lowest BCUT2D eigenvalue weighted by Crippen LogP contribution is -2.23. The van der Waals surface area contributed by atoms with Gasteiger partial charge in [0.1, 0.15) is 5.78 Å². The van der Waals surface area contributed by atoms with Crippen molar-refractivity contribution in [2.24, 2.45) is 17.8 Å². The third-order valence-electron chi connectivity index (χ3n) is 5.46. The van der Waals surface area contributed by atoms with Gasteiger partial charge in [-0.15, -0.1) is 11.3 Å². The molecule has 0 radical (unpaired) electrons. The van der Waals surface area contributed by atoms with Crippen molar-refractivity contribution in [3.8, 4) is 0 Å². The highest BCUT2D eigenvalue weighted by Gasteiger charge is 2.32. The van der Waals surface area contributed by atoms with E-state index in [1.165, 1.54) is 11.3 Å². The van der Waals surface area contributed by atoms with Crippen LogP contribution in [-0.2, 0) is 4.79 Å². The van der Waals surface area contributed by atoms with Crippen LogP contribution in [0.3, 0.4) is 0 Å². The summed E-state index contributed by atoms with van der Waals surface area (Å²) in [6.45, 7) is 6.26. The molecule has 0 bridgehead atoms. The van der Waals surface area contributed by atoms with Crippen molar-refractivity contribution in [3.63, 3.8) is 0 Å². The second kappa shape index (κ2) is 11.3. The lowest BCUT2D eigenvalue weighted by molar-refractivity contribution is -0.119. The number of aromatic nitrogens is 1. The number of aromatic carboxylic acids is 1. The third kappa shape index (κ3) is 8.22.